The summed E-state index contributed by atoms with van der Waals surface area (Å²) in [4.78, 5) is 4.29. The van der Waals surface area contributed by atoms with Crippen LogP contribution in [0.25, 0.3) is 0 Å². The van der Waals surface area contributed by atoms with E-state index in [1.165, 1.54) is 11.1 Å². The molecule has 0 saturated heterocycles. The van der Waals surface area contributed by atoms with Gasteiger partial charge in [-0.15, -0.1) is 0 Å². The minimum absolute atomic E-state index is 0.336. The van der Waals surface area contributed by atoms with Crippen LogP contribution in [0.3, 0.4) is 0 Å². The highest BCUT2D eigenvalue weighted by molar-refractivity contribution is 5.35. The van der Waals surface area contributed by atoms with E-state index in [9.17, 15) is 5.11 Å². The third-order valence-corrected chi connectivity index (χ3v) is 2.97. The SMILES string of the molecule is CC(C)c1ccnc2c1CCCC2O. The summed E-state index contributed by atoms with van der Waals surface area (Å²) in [6.07, 6.45) is 4.51. The van der Waals surface area contributed by atoms with E-state index in [2.05, 4.69) is 24.9 Å². The topological polar surface area (TPSA) is 33.1 Å². The molecule has 0 bridgehead atoms. The van der Waals surface area contributed by atoms with Crippen molar-refractivity contribution < 1.29 is 5.11 Å². The zero-order chi connectivity index (χ0) is 10.1. The fourth-order valence-electron chi connectivity index (χ4n) is 2.23. The molecule has 2 rings (SSSR count). The Morgan fingerprint density at radius 3 is 3.00 bits per heavy atom. The van der Waals surface area contributed by atoms with Crippen molar-refractivity contribution in [3.8, 4) is 0 Å². The first-order valence-electron chi connectivity index (χ1n) is 5.36. The summed E-state index contributed by atoms with van der Waals surface area (Å²) < 4.78 is 0. The quantitative estimate of drug-likeness (QED) is 0.740. The maximum Gasteiger partial charge on any atom is 0.0962 e. The molecule has 1 aliphatic rings. The lowest BCUT2D eigenvalue weighted by molar-refractivity contribution is 0.151. The fourth-order valence-corrected chi connectivity index (χ4v) is 2.23. The van der Waals surface area contributed by atoms with Crippen molar-refractivity contribution in [2.45, 2.75) is 45.1 Å². The van der Waals surface area contributed by atoms with Gasteiger partial charge >= 0.3 is 0 Å². The van der Waals surface area contributed by atoms with Gasteiger partial charge in [-0.3, -0.25) is 4.98 Å². The second-order valence-corrected chi connectivity index (χ2v) is 4.33. The lowest BCUT2D eigenvalue weighted by atomic mass is 9.87. The molecule has 0 aromatic carbocycles. The third kappa shape index (κ3) is 1.55. The molecule has 1 unspecified atom stereocenters. The molecule has 1 aliphatic carbocycles. The fraction of sp³-hybridized carbons (Fsp3) is 0.583. The standard InChI is InChI=1S/C12H17NO/c1-8(2)9-6-7-13-12-10(9)4-3-5-11(12)14/h6-8,11,14H,3-5H2,1-2H3. The Labute approximate surface area is 85.0 Å². The molecule has 1 aromatic heterocycles. The summed E-state index contributed by atoms with van der Waals surface area (Å²) in [6.45, 7) is 4.38. The molecule has 14 heavy (non-hydrogen) atoms. The number of aliphatic hydroxyl groups excluding tert-OH is 1. The molecule has 0 amide bonds. The highest BCUT2D eigenvalue weighted by Gasteiger charge is 2.22. The van der Waals surface area contributed by atoms with Gasteiger partial charge in [0.25, 0.3) is 0 Å². The largest absolute Gasteiger partial charge is 0.387 e. The van der Waals surface area contributed by atoms with Gasteiger partial charge < -0.3 is 5.11 Å². The molecular weight excluding hydrogens is 174 g/mol. The van der Waals surface area contributed by atoms with Crippen LogP contribution >= 0.6 is 0 Å². The maximum absolute atomic E-state index is 9.81. The number of nitrogens with zero attached hydrogens (tertiary/aromatic N) is 1. The summed E-state index contributed by atoms with van der Waals surface area (Å²) in [5.41, 5.74) is 3.57. The predicted octanol–water partition coefficient (Wildman–Crippen LogP) is 2.57. The van der Waals surface area contributed by atoms with E-state index in [-0.39, 0.29) is 6.10 Å². The van der Waals surface area contributed by atoms with Gasteiger partial charge in [0.05, 0.1) is 11.8 Å². The smallest absolute Gasteiger partial charge is 0.0962 e. The van der Waals surface area contributed by atoms with Crippen molar-refractivity contribution >= 4 is 0 Å². The first-order valence-corrected chi connectivity index (χ1v) is 5.36. The molecule has 1 aromatic rings. The number of fused-ring (bicyclic) bond motifs is 1. The van der Waals surface area contributed by atoms with Crippen LogP contribution in [-0.4, -0.2) is 10.1 Å². The van der Waals surface area contributed by atoms with Gasteiger partial charge in [0.15, 0.2) is 0 Å². The minimum atomic E-state index is -0.336. The summed E-state index contributed by atoms with van der Waals surface area (Å²) >= 11 is 0. The molecule has 1 N–H and O–H groups in total. The number of hydrogen-bond acceptors (Lipinski definition) is 2. The van der Waals surface area contributed by atoms with E-state index in [0.29, 0.717) is 5.92 Å². The summed E-state index contributed by atoms with van der Waals surface area (Å²) in [7, 11) is 0. The van der Waals surface area contributed by atoms with E-state index >= 15 is 0 Å². The zero-order valence-electron chi connectivity index (χ0n) is 8.83. The zero-order valence-corrected chi connectivity index (χ0v) is 8.83. The van der Waals surface area contributed by atoms with Crippen molar-refractivity contribution in [1.82, 2.24) is 4.98 Å². The monoisotopic (exact) mass is 191 g/mol. The molecule has 0 aliphatic heterocycles. The van der Waals surface area contributed by atoms with Gasteiger partial charge in [-0.2, -0.15) is 0 Å². The highest BCUT2D eigenvalue weighted by Crippen LogP contribution is 2.32. The van der Waals surface area contributed by atoms with Crippen LogP contribution in [0.4, 0.5) is 0 Å². The number of rotatable bonds is 1. The van der Waals surface area contributed by atoms with Crippen LogP contribution in [0, 0.1) is 0 Å². The van der Waals surface area contributed by atoms with Crippen LogP contribution in [0.1, 0.15) is 55.5 Å². The Balaban J connectivity index is 2.49. The maximum atomic E-state index is 9.81. The van der Waals surface area contributed by atoms with Crippen molar-refractivity contribution in [2.24, 2.45) is 0 Å². The number of aromatic nitrogens is 1. The average Bonchev–Trinajstić information content (AvgIpc) is 2.17. The van der Waals surface area contributed by atoms with E-state index in [1.54, 1.807) is 0 Å². The van der Waals surface area contributed by atoms with Crippen molar-refractivity contribution in [1.29, 1.82) is 0 Å². The lowest BCUT2D eigenvalue weighted by Crippen LogP contribution is -2.14. The van der Waals surface area contributed by atoms with Crippen molar-refractivity contribution in [2.75, 3.05) is 0 Å². The Hall–Kier alpha value is -0.890. The Morgan fingerprint density at radius 1 is 1.50 bits per heavy atom. The second-order valence-electron chi connectivity index (χ2n) is 4.33. The first-order chi connectivity index (χ1) is 6.70. The van der Waals surface area contributed by atoms with Gasteiger partial charge in [-0.25, -0.2) is 0 Å². The third-order valence-electron chi connectivity index (χ3n) is 2.97. The summed E-state index contributed by atoms with van der Waals surface area (Å²) in [6, 6.07) is 2.08. The lowest BCUT2D eigenvalue weighted by Gasteiger charge is -2.23. The molecule has 1 heterocycles. The molecule has 0 fully saturated rings. The van der Waals surface area contributed by atoms with Crippen LogP contribution in [0.5, 0.6) is 0 Å². The molecule has 2 nitrogen and oxygen atoms in total. The Morgan fingerprint density at radius 2 is 2.29 bits per heavy atom. The second kappa shape index (κ2) is 3.70. The minimum Gasteiger partial charge on any atom is -0.387 e. The summed E-state index contributed by atoms with van der Waals surface area (Å²) in [5, 5.41) is 9.81. The number of aliphatic hydroxyl groups is 1. The normalized spacial score (nSPS) is 21.0. The highest BCUT2D eigenvalue weighted by atomic mass is 16.3. The van der Waals surface area contributed by atoms with Crippen LogP contribution in [0.2, 0.25) is 0 Å². The van der Waals surface area contributed by atoms with Crippen LogP contribution in [-0.2, 0) is 6.42 Å². The summed E-state index contributed by atoms with van der Waals surface area (Å²) in [5.74, 6) is 0.525. The van der Waals surface area contributed by atoms with Crippen molar-refractivity contribution in [3.63, 3.8) is 0 Å². The number of hydrogen-bond donors (Lipinski definition) is 1. The Bertz CT molecular complexity index is 319. The van der Waals surface area contributed by atoms with Crippen molar-refractivity contribution in [3.05, 3.63) is 29.1 Å². The molecule has 0 radical (unpaired) electrons. The molecule has 0 spiro atoms. The van der Waals surface area contributed by atoms with E-state index < -0.39 is 0 Å². The molecule has 76 valence electrons. The van der Waals surface area contributed by atoms with E-state index in [1.807, 2.05) is 6.20 Å². The Kier molecular flexibility index (Phi) is 2.55. The van der Waals surface area contributed by atoms with Gasteiger partial charge in [0.2, 0.25) is 0 Å². The van der Waals surface area contributed by atoms with Gasteiger partial charge in [-0.1, -0.05) is 13.8 Å². The van der Waals surface area contributed by atoms with Gasteiger partial charge in [-0.05, 0) is 42.4 Å². The van der Waals surface area contributed by atoms with Gasteiger partial charge in [0.1, 0.15) is 0 Å². The van der Waals surface area contributed by atoms with Gasteiger partial charge in [0, 0.05) is 6.20 Å². The molecule has 1 atom stereocenters. The average molecular weight is 191 g/mol. The van der Waals surface area contributed by atoms with Crippen LogP contribution < -0.4 is 0 Å². The van der Waals surface area contributed by atoms with E-state index in [0.717, 1.165) is 25.0 Å². The van der Waals surface area contributed by atoms with Crippen LogP contribution in [0.15, 0.2) is 12.3 Å². The first kappa shape index (κ1) is 9.66. The molecular formula is C12H17NO. The number of pyridine rings is 1. The molecule has 2 heteroatoms. The molecule has 0 saturated carbocycles. The van der Waals surface area contributed by atoms with E-state index in [4.69, 9.17) is 0 Å². The predicted molar refractivity (Wildman–Crippen MR) is 56.2 cm³/mol.